The normalized spacial score (nSPS) is 9.67. The van der Waals surface area contributed by atoms with E-state index in [1.165, 1.54) is 19.0 Å². The molecular formula is C14H12N10. The number of aromatic amines is 2. The Morgan fingerprint density at radius 2 is 1.12 bits per heavy atom. The molecule has 0 aliphatic rings. The highest BCUT2D eigenvalue weighted by atomic mass is 15.0. The minimum absolute atomic E-state index is 0.713. The van der Waals surface area contributed by atoms with Crippen LogP contribution in [0.25, 0.3) is 22.3 Å². The van der Waals surface area contributed by atoms with Crippen molar-refractivity contribution in [2.75, 3.05) is 0 Å². The van der Waals surface area contributed by atoms with Gasteiger partial charge in [-0.05, 0) is 6.07 Å². The van der Waals surface area contributed by atoms with Crippen molar-refractivity contribution in [1.82, 2.24) is 49.8 Å². The minimum atomic E-state index is 0.713. The number of aromatic nitrogens is 10. The highest BCUT2D eigenvalue weighted by molar-refractivity contribution is 5.67. The van der Waals surface area contributed by atoms with Gasteiger partial charge in [-0.3, -0.25) is 0 Å². The average Bonchev–Trinajstić information content (AvgIpc) is 3.33. The van der Waals surface area contributed by atoms with Crippen molar-refractivity contribution in [2.45, 2.75) is 0 Å². The molecule has 0 aromatic carbocycles. The molecule has 118 valence electrons. The first kappa shape index (κ1) is 15.1. The van der Waals surface area contributed by atoms with Crippen LogP contribution in [0.15, 0.2) is 62.5 Å². The zero-order valence-corrected chi connectivity index (χ0v) is 12.4. The van der Waals surface area contributed by atoms with Gasteiger partial charge in [-0.25, -0.2) is 39.9 Å². The molecule has 0 atom stereocenters. The Morgan fingerprint density at radius 3 is 1.50 bits per heavy atom. The van der Waals surface area contributed by atoms with Crippen LogP contribution >= 0.6 is 0 Å². The first-order chi connectivity index (χ1) is 11.9. The summed E-state index contributed by atoms with van der Waals surface area (Å²) in [6.45, 7) is 0. The largest absolute Gasteiger partial charge is 0.342 e. The SMILES string of the molecule is c1cncnc1.c1ncc2[nH]cnc2n1.c1ncc2[nH]cnc2n1. The number of imidazole rings is 2. The van der Waals surface area contributed by atoms with Crippen LogP contribution in [0, 0.1) is 0 Å². The van der Waals surface area contributed by atoms with E-state index < -0.39 is 0 Å². The summed E-state index contributed by atoms with van der Waals surface area (Å²) in [6, 6.07) is 1.78. The predicted octanol–water partition coefficient (Wildman–Crippen LogP) is 1.18. The summed E-state index contributed by atoms with van der Waals surface area (Å²) in [5, 5.41) is 0. The number of nitrogens with zero attached hydrogens (tertiary/aromatic N) is 8. The summed E-state index contributed by atoms with van der Waals surface area (Å²) in [5.41, 5.74) is 3.17. The van der Waals surface area contributed by atoms with Crippen LogP contribution in [0.4, 0.5) is 0 Å². The van der Waals surface area contributed by atoms with E-state index in [4.69, 9.17) is 0 Å². The molecule has 0 radical (unpaired) electrons. The fourth-order valence-corrected chi connectivity index (χ4v) is 1.63. The van der Waals surface area contributed by atoms with Crippen molar-refractivity contribution in [1.29, 1.82) is 0 Å². The van der Waals surface area contributed by atoms with Gasteiger partial charge >= 0.3 is 0 Å². The lowest BCUT2D eigenvalue weighted by Gasteiger charge is -1.80. The molecule has 0 amide bonds. The molecule has 5 heterocycles. The molecular weight excluding hydrogens is 308 g/mol. The monoisotopic (exact) mass is 320 g/mol. The van der Waals surface area contributed by atoms with Crippen LogP contribution in [-0.4, -0.2) is 49.8 Å². The molecule has 0 saturated heterocycles. The first-order valence-electron chi connectivity index (χ1n) is 6.81. The fourth-order valence-electron chi connectivity index (χ4n) is 1.63. The Morgan fingerprint density at radius 1 is 0.583 bits per heavy atom. The number of fused-ring (bicyclic) bond motifs is 2. The van der Waals surface area contributed by atoms with Gasteiger partial charge < -0.3 is 9.97 Å². The van der Waals surface area contributed by atoms with Crippen molar-refractivity contribution in [3.05, 3.63) is 62.5 Å². The van der Waals surface area contributed by atoms with Gasteiger partial charge in [-0.15, -0.1) is 0 Å². The summed E-state index contributed by atoms with van der Waals surface area (Å²) in [7, 11) is 0. The summed E-state index contributed by atoms with van der Waals surface area (Å²) < 4.78 is 0. The van der Waals surface area contributed by atoms with E-state index in [2.05, 4.69) is 49.8 Å². The molecule has 0 fully saturated rings. The second kappa shape index (κ2) is 7.98. The molecule has 10 nitrogen and oxygen atoms in total. The Kier molecular flexibility index (Phi) is 5.02. The lowest BCUT2D eigenvalue weighted by atomic mass is 10.6. The Bertz CT molecular complexity index is 825. The minimum Gasteiger partial charge on any atom is -0.342 e. The molecule has 0 bridgehead atoms. The van der Waals surface area contributed by atoms with Gasteiger partial charge in [0.2, 0.25) is 0 Å². The summed E-state index contributed by atoms with van der Waals surface area (Å²) >= 11 is 0. The van der Waals surface area contributed by atoms with Gasteiger partial charge in [0.15, 0.2) is 11.3 Å². The van der Waals surface area contributed by atoms with Crippen molar-refractivity contribution < 1.29 is 0 Å². The zero-order chi connectivity index (χ0) is 16.5. The van der Waals surface area contributed by atoms with E-state index in [-0.39, 0.29) is 0 Å². The molecule has 5 aromatic heterocycles. The number of H-pyrrole nitrogens is 2. The van der Waals surface area contributed by atoms with Crippen LogP contribution in [0.3, 0.4) is 0 Å². The molecule has 24 heavy (non-hydrogen) atoms. The van der Waals surface area contributed by atoms with Gasteiger partial charge in [0.1, 0.15) is 30.0 Å². The summed E-state index contributed by atoms with van der Waals surface area (Å²) in [5.74, 6) is 0. The number of hydrogen-bond donors (Lipinski definition) is 2. The lowest BCUT2D eigenvalue weighted by Crippen LogP contribution is -1.76. The van der Waals surface area contributed by atoms with E-state index in [0.29, 0.717) is 11.3 Å². The van der Waals surface area contributed by atoms with Gasteiger partial charge in [0.25, 0.3) is 0 Å². The van der Waals surface area contributed by atoms with E-state index in [9.17, 15) is 0 Å². The maximum atomic E-state index is 3.91. The second-order valence-corrected chi connectivity index (χ2v) is 4.23. The van der Waals surface area contributed by atoms with E-state index in [0.717, 1.165) is 11.0 Å². The maximum Gasteiger partial charge on any atom is 0.180 e. The maximum absolute atomic E-state index is 3.91. The topological polar surface area (TPSA) is 135 Å². The standard InChI is InChI=1S/2C5H4N4.C4H4N2/c2*1-4-5(8-2-6-1)9-3-7-4;1-2-5-4-6-3-1/h2*1-3H,(H,6,7,8,9);1-4H. The van der Waals surface area contributed by atoms with Crippen LogP contribution in [0.5, 0.6) is 0 Å². The van der Waals surface area contributed by atoms with Gasteiger partial charge in [-0.2, -0.15) is 0 Å². The van der Waals surface area contributed by atoms with Crippen molar-refractivity contribution >= 4 is 22.3 Å². The predicted molar refractivity (Wildman–Crippen MR) is 85.4 cm³/mol. The second-order valence-electron chi connectivity index (χ2n) is 4.23. The molecule has 0 spiro atoms. The smallest absolute Gasteiger partial charge is 0.180 e. The van der Waals surface area contributed by atoms with E-state index in [1.54, 1.807) is 43.5 Å². The molecule has 5 aromatic rings. The lowest BCUT2D eigenvalue weighted by molar-refractivity contribution is 1.17. The number of hydrogen-bond acceptors (Lipinski definition) is 8. The molecule has 0 unspecified atom stereocenters. The number of nitrogens with one attached hydrogen (secondary N) is 2. The third-order valence-electron chi connectivity index (χ3n) is 2.67. The highest BCUT2D eigenvalue weighted by Gasteiger charge is 1.91. The summed E-state index contributed by atoms with van der Waals surface area (Å²) in [4.78, 5) is 36.3. The van der Waals surface area contributed by atoms with Crippen molar-refractivity contribution in [3.63, 3.8) is 0 Å². The van der Waals surface area contributed by atoms with E-state index in [1.807, 2.05) is 0 Å². The van der Waals surface area contributed by atoms with Crippen LogP contribution in [-0.2, 0) is 0 Å². The molecule has 2 N–H and O–H groups in total. The molecule has 0 aliphatic heterocycles. The van der Waals surface area contributed by atoms with Gasteiger partial charge in [0.05, 0.1) is 25.0 Å². The van der Waals surface area contributed by atoms with Crippen LogP contribution < -0.4 is 0 Å². The highest BCUT2D eigenvalue weighted by Crippen LogP contribution is 1.99. The Balaban J connectivity index is 0.000000108. The average molecular weight is 320 g/mol. The van der Waals surface area contributed by atoms with Crippen molar-refractivity contribution in [3.8, 4) is 0 Å². The van der Waals surface area contributed by atoms with Crippen LogP contribution in [0.2, 0.25) is 0 Å². The Labute approximate surface area is 135 Å². The Hall–Kier alpha value is -3.82. The van der Waals surface area contributed by atoms with Gasteiger partial charge in [-0.1, -0.05) is 0 Å². The first-order valence-corrected chi connectivity index (χ1v) is 6.81. The van der Waals surface area contributed by atoms with Crippen molar-refractivity contribution in [2.24, 2.45) is 0 Å². The zero-order valence-electron chi connectivity index (χ0n) is 12.4. The van der Waals surface area contributed by atoms with Crippen LogP contribution in [0.1, 0.15) is 0 Å². The van der Waals surface area contributed by atoms with Gasteiger partial charge in [0, 0.05) is 12.4 Å². The molecule has 10 heteroatoms. The number of rotatable bonds is 0. The summed E-state index contributed by atoms with van der Waals surface area (Å²) in [6.07, 6.45) is 14.4. The third-order valence-corrected chi connectivity index (χ3v) is 2.67. The quantitative estimate of drug-likeness (QED) is 0.434. The van der Waals surface area contributed by atoms with E-state index >= 15 is 0 Å². The third kappa shape index (κ3) is 4.10. The molecule has 0 aliphatic carbocycles. The fraction of sp³-hybridized carbons (Fsp3) is 0. The molecule has 5 rings (SSSR count). The molecule has 0 saturated carbocycles.